The Bertz CT molecular complexity index is 766. The number of ether oxygens (including phenoxy) is 3. The lowest BCUT2D eigenvalue weighted by molar-refractivity contribution is -0.313. The third-order valence-electron chi connectivity index (χ3n) is 11.3. The van der Waals surface area contributed by atoms with Crippen molar-refractivity contribution < 1.29 is 29.5 Å². The zero-order chi connectivity index (χ0) is 22.0. The molecule has 7 heteroatoms. The van der Waals surface area contributed by atoms with E-state index in [0.29, 0.717) is 12.3 Å². The van der Waals surface area contributed by atoms with Gasteiger partial charge < -0.3 is 29.5 Å². The molecular formula is C24H39NO6. The van der Waals surface area contributed by atoms with Gasteiger partial charge in [-0.2, -0.15) is 0 Å². The van der Waals surface area contributed by atoms with Crippen LogP contribution < -0.4 is 0 Å². The van der Waals surface area contributed by atoms with Crippen LogP contribution in [0.25, 0.3) is 0 Å². The van der Waals surface area contributed by atoms with Gasteiger partial charge in [-0.25, -0.2) is 0 Å². The maximum Gasteiger partial charge on any atom is 0.136 e. The minimum atomic E-state index is -1.42. The quantitative estimate of drug-likeness (QED) is 0.582. The first-order valence-electron chi connectivity index (χ1n) is 12.2. The molecule has 0 aromatic carbocycles. The van der Waals surface area contributed by atoms with Crippen LogP contribution in [-0.4, -0.2) is 96.8 Å². The van der Waals surface area contributed by atoms with Gasteiger partial charge in [0.1, 0.15) is 11.2 Å². The zero-order valence-electron chi connectivity index (χ0n) is 19.3. The van der Waals surface area contributed by atoms with E-state index in [0.717, 1.165) is 38.8 Å². The first-order valence-corrected chi connectivity index (χ1v) is 12.2. The average molecular weight is 438 g/mol. The molecule has 3 N–H and O–H groups in total. The molecule has 5 saturated carbocycles. The van der Waals surface area contributed by atoms with Crippen LogP contribution >= 0.6 is 0 Å². The molecular weight excluding hydrogens is 398 g/mol. The highest BCUT2D eigenvalue weighted by Crippen LogP contribution is 2.80. The Kier molecular flexibility index (Phi) is 4.41. The summed E-state index contributed by atoms with van der Waals surface area (Å²) in [6.07, 6.45) is 3.53. The lowest BCUT2D eigenvalue weighted by Crippen LogP contribution is -2.81. The summed E-state index contributed by atoms with van der Waals surface area (Å²) in [5.41, 5.74) is -3.42. The van der Waals surface area contributed by atoms with Crippen molar-refractivity contribution in [2.45, 2.75) is 74.6 Å². The predicted molar refractivity (Wildman–Crippen MR) is 112 cm³/mol. The second-order valence-electron chi connectivity index (χ2n) is 11.5. The van der Waals surface area contributed by atoms with Crippen LogP contribution in [0, 0.1) is 34.5 Å². The SMILES string of the molecule is CCN1C[C@]2(CO)CC[C@H](OC)[C@]34C1[C@@](O)([C@@H](OC)[C@H]23)[C@@]1(O)CC[C@H]2C[C@@H]4[C@@H]1[C@H]2OC. The minimum absolute atomic E-state index is 0.0328. The molecule has 7 bridgehead atoms. The Morgan fingerprint density at radius 3 is 2.42 bits per heavy atom. The van der Waals surface area contributed by atoms with Crippen LogP contribution in [0.1, 0.15) is 39.0 Å². The number of rotatable bonds is 5. The number of likely N-dealkylation sites (tertiary alicyclic amines) is 1. The molecule has 1 saturated heterocycles. The van der Waals surface area contributed by atoms with Gasteiger partial charge >= 0.3 is 0 Å². The molecule has 6 aliphatic rings. The molecule has 0 aromatic heterocycles. The van der Waals surface area contributed by atoms with Crippen molar-refractivity contribution in [1.29, 1.82) is 0 Å². The van der Waals surface area contributed by atoms with Crippen LogP contribution in [0.15, 0.2) is 0 Å². The summed E-state index contributed by atoms with van der Waals surface area (Å²) in [4.78, 5) is 2.36. The second kappa shape index (κ2) is 6.44. The van der Waals surface area contributed by atoms with Gasteiger partial charge in [-0.05, 0) is 50.5 Å². The van der Waals surface area contributed by atoms with Gasteiger partial charge in [-0.3, -0.25) is 4.90 Å². The van der Waals surface area contributed by atoms with E-state index in [2.05, 4.69) is 11.8 Å². The number of aliphatic hydroxyl groups excluding tert-OH is 1. The molecule has 7 nitrogen and oxygen atoms in total. The van der Waals surface area contributed by atoms with E-state index in [1.807, 2.05) is 0 Å². The first kappa shape index (κ1) is 21.3. The van der Waals surface area contributed by atoms with E-state index >= 15 is 0 Å². The Hall–Kier alpha value is -0.280. The standard InChI is InChI=1S/C24H39NO6/c1-5-25-11-21(12-26)8-7-15(29-2)23-14-10-13-6-9-22(27,16(14)17(13)30-3)24(28,20(23)25)19(31-4)18(21)23/h13-20,26-28H,5-12H2,1-4H3/t13-,14+,15-,16+,17-,18+,19-,20?,21-,22+,23-,24-/m0/s1. The van der Waals surface area contributed by atoms with Gasteiger partial charge in [0.05, 0.1) is 31.0 Å². The summed E-state index contributed by atoms with van der Waals surface area (Å²) in [5, 5.41) is 36.1. The molecule has 0 radical (unpaired) electrons. The van der Waals surface area contributed by atoms with Crippen molar-refractivity contribution in [3.8, 4) is 0 Å². The number of hydrogen-bond donors (Lipinski definition) is 3. The minimum Gasteiger partial charge on any atom is -0.396 e. The fourth-order valence-corrected chi connectivity index (χ4v) is 10.8. The number of nitrogens with zero attached hydrogens (tertiary/aromatic N) is 1. The third kappa shape index (κ3) is 1.93. The molecule has 31 heavy (non-hydrogen) atoms. The smallest absolute Gasteiger partial charge is 0.136 e. The first-order chi connectivity index (χ1) is 14.9. The maximum absolute atomic E-state index is 12.8. The molecule has 176 valence electrons. The third-order valence-corrected chi connectivity index (χ3v) is 11.3. The second-order valence-corrected chi connectivity index (χ2v) is 11.5. The Morgan fingerprint density at radius 1 is 1.03 bits per heavy atom. The van der Waals surface area contributed by atoms with Gasteiger partial charge in [0, 0.05) is 50.5 Å². The molecule has 1 unspecified atom stereocenters. The molecule has 0 aromatic rings. The molecule has 6 rings (SSSR count). The number of hydrogen-bond acceptors (Lipinski definition) is 7. The van der Waals surface area contributed by atoms with Gasteiger partial charge in [0.2, 0.25) is 0 Å². The number of methoxy groups -OCH3 is 3. The van der Waals surface area contributed by atoms with Crippen molar-refractivity contribution in [2.24, 2.45) is 34.5 Å². The molecule has 6 fully saturated rings. The summed E-state index contributed by atoms with van der Waals surface area (Å²) < 4.78 is 18.5. The number of likely N-dealkylation sites (N-methyl/N-ethyl adjacent to an activating group) is 1. The largest absolute Gasteiger partial charge is 0.396 e. The lowest BCUT2D eigenvalue weighted by atomic mass is 9.42. The van der Waals surface area contributed by atoms with Gasteiger partial charge in [-0.1, -0.05) is 6.92 Å². The highest BCUT2D eigenvalue weighted by molar-refractivity contribution is 5.40. The topological polar surface area (TPSA) is 91.6 Å². The van der Waals surface area contributed by atoms with Crippen LogP contribution in [0.3, 0.4) is 0 Å². The van der Waals surface area contributed by atoms with Crippen LogP contribution in [0.4, 0.5) is 0 Å². The van der Waals surface area contributed by atoms with Crippen molar-refractivity contribution in [3.05, 3.63) is 0 Å². The monoisotopic (exact) mass is 437 g/mol. The summed E-state index contributed by atoms with van der Waals surface area (Å²) in [6, 6.07) is -0.245. The molecule has 1 heterocycles. The van der Waals surface area contributed by atoms with Gasteiger partial charge in [0.25, 0.3) is 0 Å². The fourth-order valence-electron chi connectivity index (χ4n) is 10.8. The Labute approximate surface area is 185 Å². The molecule has 0 amide bonds. The van der Waals surface area contributed by atoms with E-state index in [1.54, 1.807) is 21.3 Å². The lowest BCUT2D eigenvalue weighted by Gasteiger charge is -2.70. The average Bonchev–Trinajstić information content (AvgIpc) is 3.17. The van der Waals surface area contributed by atoms with Crippen molar-refractivity contribution in [2.75, 3.05) is 41.0 Å². The van der Waals surface area contributed by atoms with Crippen molar-refractivity contribution in [1.82, 2.24) is 4.90 Å². The van der Waals surface area contributed by atoms with Gasteiger partial charge in [-0.15, -0.1) is 0 Å². The molecule has 1 spiro atoms. The molecule has 5 aliphatic carbocycles. The Balaban J connectivity index is 1.69. The number of piperidine rings is 1. The van der Waals surface area contributed by atoms with Gasteiger partial charge in [0.15, 0.2) is 0 Å². The maximum atomic E-state index is 12.8. The molecule has 1 aliphatic heterocycles. The van der Waals surface area contributed by atoms with Crippen molar-refractivity contribution >= 4 is 0 Å². The van der Waals surface area contributed by atoms with Crippen LogP contribution in [-0.2, 0) is 14.2 Å². The predicted octanol–water partition coefficient (Wildman–Crippen LogP) is 0.646. The van der Waals surface area contributed by atoms with E-state index in [4.69, 9.17) is 14.2 Å². The van der Waals surface area contributed by atoms with E-state index in [9.17, 15) is 15.3 Å². The van der Waals surface area contributed by atoms with Crippen molar-refractivity contribution in [3.63, 3.8) is 0 Å². The fraction of sp³-hybridized carbons (Fsp3) is 1.00. The molecule has 12 atom stereocenters. The highest BCUT2D eigenvalue weighted by Gasteiger charge is 2.90. The Morgan fingerprint density at radius 2 is 1.81 bits per heavy atom. The number of aliphatic hydroxyl groups is 3. The summed E-state index contributed by atoms with van der Waals surface area (Å²) >= 11 is 0. The summed E-state index contributed by atoms with van der Waals surface area (Å²) in [5.74, 6) is 0.389. The van der Waals surface area contributed by atoms with E-state index in [-0.39, 0.29) is 53.4 Å². The summed E-state index contributed by atoms with van der Waals surface area (Å²) in [7, 11) is 5.22. The zero-order valence-corrected chi connectivity index (χ0v) is 19.3. The summed E-state index contributed by atoms with van der Waals surface area (Å²) in [6.45, 7) is 3.70. The van der Waals surface area contributed by atoms with E-state index in [1.165, 1.54) is 0 Å². The number of fused-ring (bicyclic) bond motifs is 2. The van der Waals surface area contributed by atoms with Crippen LogP contribution in [0.2, 0.25) is 0 Å². The normalized spacial score (nSPS) is 61.6. The van der Waals surface area contributed by atoms with E-state index < -0.39 is 17.3 Å². The highest BCUT2D eigenvalue weighted by atomic mass is 16.5. The van der Waals surface area contributed by atoms with Crippen LogP contribution in [0.5, 0.6) is 0 Å².